The third-order valence-corrected chi connectivity index (χ3v) is 12.4. The lowest BCUT2D eigenvalue weighted by molar-refractivity contribution is -0.0118. The number of piperidine rings is 2. The first-order valence-corrected chi connectivity index (χ1v) is 21.4. The van der Waals surface area contributed by atoms with Crippen LogP contribution in [0.25, 0.3) is 27.5 Å². The van der Waals surface area contributed by atoms with Crippen LogP contribution in [0.1, 0.15) is 106 Å². The maximum Gasteiger partial charge on any atom is 0.410 e. The second-order valence-corrected chi connectivity index (χ2v) is 19.4. The van der Waals surface area contributed by atoms with Gasteiger partial charge < -0.3 is 30.3 Å². The Hall–Kier alpha value is -5.73. The monoisotopic (exact) mass is 815 g/mol. The zero-order valence-electron chi connectivity index (χ0n) is 36.0. The lowest BCUT2D eigenvalue weighted by atomic mass is 9.87. The Labute approximate surface area is 351 Å². The number of nitrogens with zero attached hydrogens (tertiary/aromatic N) is 8. The Morgan fingerprint density at radius 1 is 0.783 bits per heavy atom. The number of anilines is 4. The van der Waals surface area contributed by atoms with Gasteiger partial charge in [0.25, 0.3) is 0 Å². The van der Waals surface area contributed by atoms with Crippen molar-refractivity contribution in [3.05, 3.63) is 60.7 Å². The normalized spacial score (nSPS) is 25.1. The number of rotatable bonds is 7. The molecule has 0 aromatic carbocycles. The second kappa shape index (κ2) is 14.8. The summed E-state index contributed by atoms with van der Waals surface area (Å²) in [7, 11) is 0. The van der Waals surface area contributed by atoms with Crippen molar-refractivity contribution >= 4 is 57.3 Å². The molecule has 4 bridgehead atoms. The molecule has 0 spiro atoms. The van der Waals surface area contributed by atoms with E-state index in [2.05, 4.69) is 22.9 Å². The summed E-state index contributed by atoms with van der Waals surface area (Å²) in [6.07, 6.45) is 12.1. The molecule has 4 saturated heterocycles. The molecule has 15 heteroatoms. The summed E-state index contributed by atoms with van der Waals surface area (Å²) in [4.78, 5) is 49.9. The average molecular weight is 816 g/mol. The quantitative estimate of drug-likeness (QED) is 0.143. The van der Waals surface area contributed by atoms with Gasteiger partial charge in [-0.1, -0.05) is 0 Å². The number of fused-ring (bicyclic) bond motifs is 6. The SMILES string of the molecule is Cc1cc(Nc2cc3ncccc3c(N[C@H]3C[C@@H]4CC[C@](C)(C3)N4C(=O)OC(C)(C)C)n2)nn1-c1cnc(NC2C[C@H]3CC[C@@H](C2)N3C(=O)OC(C)(C)C)c2cccnc12. The first-order valence-electron chi connectivity index (χ1n) is 21.4. The number of ether oxygens (including phenoxy) is 2. The Morgan fingerprint density at radius 2 is 1.45 bits per heavy atom. The first kappa shape index (κ1) is 39.7. The van der Waals surface area contributed by atoms with Crippen molar-refractivity contribution in [3.63, 3.8) is 0 Å². The number of carbonyl (C=O) groups excluding carboxylic acids is 2. The predicted octanol–water partition coefficient (Wildman–Crippen LogP) is 8.89. The van der Waals surface area contributed by atoms with E-state index in [-0.39, 0.29) is 47.9 Å². The maximum absolute atomic E-state index is 13.3. The van der Waals surface area contributed by atoms with Crippen LogP contribution in [0, 0.1) is 6.92 Å². The van der Waals surface area contributed by atoms with Gasteiger partial charge in [0.1, 0.15) is 39.9 Å². The van der Waals surface area contributed by atoms with Gasteiger partial charge in [-0.25, -0.2) is 24.2 Å². The highest BCUT2D eigenvalue weighted by Crippen LogP contribution is 2.46. The minimum atomic E-state index is -0.547. The fourth-order valence-electron chi connectivity index (χ4n) is 10.1. The van der Waals surface area contributed by atoms with E-state index in [9.17, 15) is 9.59 Å². The number of pyridine rings is 4. The van der Waals surface area contributed by atoms with Crippen LogP contribution < -0.4 is 16.0 Å². The van der Waals surface area contributed by atoms with Crippen LogP contribution in [0.4, 0.5) is 32.9 Å². The van der Waals surface area contributed by atoms with Crippen molar-refractivity contribution < 1.29 is 19.1 Å². The lowest BCUT2D eigenvalue weighted by Crippen LogP contribution is -2.57. The molecule has 0 radical (unpaired) electrons. The van der Waals surface area contributed by atoms with Gasteiger partial charge in [0.15, 0.2) is 5.82 Å². The Balaban J connectivity index is 0.929. The standard InChI is InChI=1S/C45H57N11O4/c1-26-19-37(51-36-23-34-32(11-9-17-46-34)40(52-36)50-28-22-31-15-16-45(8,24-28)55(31)42(58)60-44(5,6)7)53-56(26)35-25-48-39(33-12-10-18-47-38(33)35)49-27-20-29-13-14-30(21-27)54(29)41(57)59-43(2,3)4/h9-12,17-19,23,25,27-31H,13-16,20-22,24H2,1-8H3,(H,48,49)(H2,50,51,52,53)/t27?,28-,29-,30+,31-,45+/m0/s1. The molecule has 0 saturated carbocycles. The van der Waals surface area contributed by atoms with E-state index in [1.165, 1.54) is 0 Å². The molecule has 4 aliphatic heterocycles. The number of nitrogens with one attached hydrogen (secondary N) is 3. The maximum atomic E-state index is 13.3. The van der Waals surface area contributed by atoms with Crippen LogP contribution in [0.2, 0.25) is 0 Å². The summed E-state index contributed by atoms with van der Waals surface area (Å²) in [6.45, 7) is 15.7. The van der Waals surface area contributed by atoms with Gasteiger partial charge in [0.2, 0.25) is 0 Å². The highest BCUT2D eigenvalue weighted by molar-refractivity contribution is 5.94. The fraction of sp³-hybridized carbons (Fsp3) is 0.533. The van der Waals surface area contributed by atoms with Crippen LogP contribution >= 0.6 is 0 Å². The molecule has 5 aromatic heterocycles. The fourth-order valence-corrected chi connectivity index (χ4v) is 10.1. The molecule has 0 aliphatic carbocycles. The van der Waals surface area contributed by atoms with Crippen molar-refractivity contribution in [3.8, 4) is 5.69 Å². The van der Waals surface area contributed by atoms with Gasteiger partial charge in [-0.2, -0.15) is 0 Å². The molecule has 5 aromatic rings. The summed E-state index contributed by atoms with van der Waals surface area (Å²) in [5.74, 6) is 2.74. The Bertz CT molecular complexity index is 2440. The summed E-state index contributed by atoms with van der Waals surface area (Å²) >= 11 is 0. The van der Waals surface area contributed by atoms with Gasteiger partial charge in [-0.15, -0.1) is 5.10 Å². The molecule has 6 atom stereocenters. The van der Waals surface area contributed by atoms with E-state index in [0.717, 1.165) is 96.2 Å². The average Bonchev–Trinajstić information content (AvgIpc) is 3.74. The van der Waals surface area contributed by atoms with Crippen molar-refractivity contribution in [2.24, 2.45) is 0 Å². The van der Waals surface area contributed by atoms with Crippen LogP contribution in [0.15, 0.2) is 55.0 Å². The van der Waals surface area contributed by atoms with Crippen LogP contribution in [0.3, 0.4) is 0 Å². The molecular formula is C45H57N11O4. The highest BCUT2D eigenvalue weighted by atomic mass is 16.6. The van der Waals surface area contributed by atoms with Crippen LogP contribution in [0.5, 0.6) is 0 Å². The summed E-state index contributed by atoms with van der Waals surface area (Å²) in [6, 6.07) is 12.5. The van der Waals surface area contributed by atoms with Crippen LogP contribution in [-0.2, 0) is 9.47 Å². The van der Waals surface area contributed by atoms with Gasteiger partial charge in [0.05, 0.1) is 11.7 Å². The van der Waals surface area contributed by atoms with Gasteiger partial charge >= 0.3 is 12.2 Å². The van der Waals surface area contributed by atoms with E-state index in [4.69, 9.17) is 34.5 Å². The summed E-state index contributed by atoms with van der Waals surface area (Å²) in [5.41, 5.74) is 1.87. The first-order chi connectivity index (χ1) is 28.5. The van der Waals surface area contributed by atoms with Gasteiger partial charge in [-0.3, -0.25) is 14.9 Å². The van der Waals surface area contributed by atoms with Crippen molar-refractivity contribution in [2.45, 2.75) is 154 Å². The molecule has 9 rings (SSSR count). The lowest BCUT2D eigenvalue weighted by Gasteiger charge is -2.46. The molecule has 9 heterocycles. The van der Waals surface area contributed by atoms with E-state index in [1.54, 1.807) is 12.4 Å². The highest BCUT2D eigenvalue weighted by Gasteiger charge is 2.52. The molecule has 1 unspecified atom stereocenters. The summed E-state index contributed by atoms with van der Waals surface area (Å²) < 4.78 is 13.5. The largest absolute Gasteiger partial charge is 0.444 e. The molecular weight excluding hydrogens is 759 g/mol. The number of hydrogen-bond acceptors (Lipinski definition) is 12. The van der Waals surface area contributed by atoms with E-state index in [1.807, 2.05) is 106 Å². The smallest absolute Gasteiger partial charge is 0.410 e. The van der Waals surface area contributed by atoms with Crippen molar-refractivity contribution in [2.75, 3.05) is 16.0 Å². The van der Waals surface area contributed by atoms with Crippen molar-refractivity contribution in [1.82, 2.24) is 39.5 Å². The Kier molecular flexibility index (Phi) is 9.78. The molecule has 2 amide bonds. The molecule has 60 heavy (non-hydrogen) atoms. The van der Waals surface area contributed by atoms with Crippen LogP contribution in [-0.4, -0.2) is 98.7 Å². The zero-order chi connectivity index (χ0) is 42.1. The number of aryl methyl sites for hydroxylation is 1. The number of aromatic nitrogens is 6. The molecule has 3 N–H and O–H groups in total. The topological polar surface area (TPSA) is 165 Å². The molecule has 4 fully saturated rings. The molecule has 4 aliphatic rings. The van der Waals surface area contributed by atoms with E-state index in [0.29, 0.717) is 11.6 Å². The number of carbonyl (C=O) groups is 2. The number of amides is 2. The molecule has 316 valence electrons. The number of hydrogen-bond donors (Lipinski definition) is 3. The third-order valence-electron chi connectivity index (χ3n) is 12.4. The minimum Gasteiger partial charge on any atom is -0.444 e. The second-order valence-electron chi connectivity index (χ2n) is 19.4. The third kappa shape index (κ3) is 7.74. The van der Waals surface area contributed by atoms with Crippen molar-refractivity contribution in [1.29, 1.82) is 0 Å². The predicted molar refractivity (Wildman–Crippen MR) is 232 cm³/mol. The van der Waals surface area contributed by atoms with Gasteiger partial charge in [-0.05, 0) is 131 Å². The Morgan fingerprint density at radius 3 is 2.17 bits per heavy atom. The van der Waals surface area contributed by atoms with Gasteiger partial charge in [0, 0.05) is 76.7 Å². The van der Waals surface area contributed by atoms with E-state index >= 15 is 0 Å². The van der Waals surface area contributed by atoms with E-state index < -0.39 is 11.2 Å². The minimum absolute atomic E-state index is 0.0952. The molecule has 15 nitrogen and oxygen atoms in total. The zero-order valence-corrected chi connectivity index (χ0v) is 36.0. The summed E-state index contributed by atoms with van der Waals surface area (Å²) in [5, 5.41) is 17.8.